The molecule has 0 atom stereocenters. The lowest BCUT2D eigenvalue weighted by atomic mass is 10.0. The Hall–Kier alpha value is -5.61. The van der Waals surface area contributed by atoms with Gasteiger partial charge in [0.1, 0.15) is 23.1 Å². The SMILES string of the molecule is N=C(C(=O)Oc1ccc(-c2ccc(OC(F)(F)F)c(F)c2)c(F)c1)C(=O)Oc1ccc(-c2ccc(OC(F)(F)F)c(F)c2)c(F)c1. The number of halogens is 10. The van der Waals surface area contributed by atoms with Gasteiger partial charge < -0.3 is 18.9 Å². The van der Waals surface area contributed by atoms with E-state index < -0.39 is 76.6 Å². The molecule has 7 nitrogen and oxygen atoms in total. The monoisotopic (exact) mass is 661 g/mol. The van der Waals surface area contributed by atoms with Crippen molar-refractivity contribution in [3.63, 3.8) is 0 Å². The highest BCUT2D eigenvalue weighted by Gasteiger charge is 2.33. The molecule has 4 aromatic carbocycles. The molecule has 0 heterocycles. The van der Waals surface area contributed by atoms with Crippen molar-refractivity contribution < 1.29 is 72.4 Å². The first-order chi connectivity index (χ1) is 21.4. The van der Waals surface area contributed by atoms with Gasteiger partial charge in [0.25, 0.3) is 0 Å². The Bertz CT molecular complexity index is 1710. The zero-order valence-electron chi connectivity index (χ0n) is 22.2. The van der Waals surface area contributed by atoms with Gasteiger partial charge in [-0.05, 0) is 59.7 Å². The summed E-state index contributed by atoms with van der Waals surface area (Å²) in [5.41, 5.74) is -2.51. The minimum atomic E-state index is -5.17. The van der Waals surface area contributed by atoms with Gasteiger partial charge in [0.2, 0.25) is 5.71 Å². The topological polar surface area (TPSA) is 94.9 Å². The van der Waals surface area contributed by atoms with Gasteiger partial charge in [-0.3, -0.25) is 5.41 Å². The maximum Gasteiger partial charge on any atom is 0.573 e. The average Bonchev–Trinajstić information content (AvgIpc) is 2.94. The van der Waals surface area contributed by atoms with Crippen LogP contribution in [0, 0.1) is 28.7 Å². The molecule has 46 heavy (non-hydrogen) atoms. The summed E-state index contributed by atoms with van der Waals surface area (Å²) in [6.07, 6.45) is -10.3. The van der Waals surface area contributed by atoms with Crippen LogP contribution in [0.4, 0.5) is 43.9 Å². The van der Waals surface area contributed by atoms with E-state index in [2.05, 4.69) is 9.47 Å². The van der Waals surface area contributed by atoms with Crippen LogP contribution in [0.2, 0.25) is 0 Å². The molecule has 1 N–H and O–H groups in total. The Morgan fingerprint density at radius 2 is 0.891 bits per heavy atom. The summed E-state index contributed by atoms with van der Waals surface area (Å²) in [5.74, 6) is -11.9. The van der Waals surface area contributed by atoms with E-state index >= 15 is 0 Å². The third kappa shape index (κ3) is 8.30. The predicted molar refractivity (Wildman–Crippen MR) is 136 cm³/mol. The largest absolute Gasteiger partial charge is 0.573 e. The van der Waals surface area contributed by atoms with E-state index in [0.717, 1.165) is 36.4 Å². The van der Waals surface area contributed by atoms with Crippen LogP contribution < -0.4 is 18.9 Å². The molecule has 240 valence electrons. The normalized spacial score (nSPS) is 11.5. The standard InChI is InChI=1S/C29H13F10NO6/c30-19-11-15(3-5-17(19)13-1-7-23(21(32)9-13)45-28(34,35)36)43-26(41)25(40)27(42)44-16-4-6-18(20(31)12-16)14-2-8-24(22(33)10-14)46-29(37,38)39/h1-12,40H. The van der Waals surface area contributed by atoms with Crippen molar-refractivity contribution in [2.45, 2.75) is 12.7 Å². The lowest BCUT2D eigenvalue weighted by molar-refractivity contribution is -0.276. The Labute approximate surface area is 250 Å². The summed E-state index contributed by atoms with van der Waals surface area (Å²) in [6, 6.07) is 9.27. The number of hydrogen-bond acceptors (Lipinski definition) is 7. The highest BCUT2D eigenvalue weighted by Crippen LogP contribution is 2.33. The fourth-order valence-electron chi connectivity index (χ4n) is 3.74. The smallest absolute Gasteiger partial charge is 0.422 e. The Morgan fingerprint density at radius 1 is 0.522 bits per heavy atom. The number of carbonyl (C=O) groups excluding carboxylic acids is 2. The molecule has 0 unspecified atom stereocenters. The number of carbonyl (C=O) groups is 2. The van der Waals surface area contributed by atoms with Crippen LogP contribution in [0.3, 0.4) is 0 Å². The van der Waals surface area contributed by atoms with Crippen molar-refractivity contribution in [2.75, 3.05) is 0 Å². The molecule has 0 fully saturated rings. The van der Waals surface area contributed by atoms with Gasteiger partial charge in [0.05, 0.1) is 0 Å². The number of benzene rings is 4. The minimum absolute atomic E-state index is 0.213. The zero-order valence-corrected chi connectivity index (χ0v) is 22.2. The summed E-state index contributed by atoms with van der Waals surface area (Å²) in [5, 5.41) is 7.67. The van der Waals surface area contributed by atoms with Gasteiger partial charge in [-0.2, -0.15) is 0 Å². The first-order valence-electron chi connectivity index (χ1n) is 12.1. The number of alkyl halides is 6. The van der Waals surface area contributed by atoms with Crippen molar-refractivity contribution in [1.82, 2.24) is 0 Å². The molecule has 4 rings (SSSR count). The van der Waals surface area contributed by atoms with Crippen molar-refractivity contribution in [2.24, 2.45) is 0 Å². The molecule has 0 amide bonds. The number of nitrogens with one attached hydrogen (secondary N) is 1. The summed E-state index contributed by atoms with van der Waals surface area (Å²) in [7, 11) is 0. The summed E-state index contributed by atoms with van der Waals surface area (Å²) in [6.45, 7) is 0. The molecule has 4 aromatic rings. The van der Waals surface area contributed by atoms with Crippen molar-refractivity contribution >= 4 is 17.7 Å². The molecule has 0 saturated heterocycles. The summed E-state index contributed by atoms with van der Waals surface area (Å²) < 4.78 is 148. The van der Waals surface area contributed by atoms with Crippen LogP contribution in [-0.4, -0.2) is 30.4 Å². The number of rotatable bonds is 8. The summed E-state index contributed by atoms with van der Waals surface area (Å²) >= 11 is 0. The molecule has 0 bridgehead atoms. The van der Waals surface area contributed by atoms with E-state index in [1.807, 2.05) is 0 Å². The number of esters is 2. The molecule has 0 spiro atoms. The van der Waals surface area contributed by atoms with Crippen LogP contribution >= 0.6 is 0 Å². The number of ether oxygens (including phenoxy) is 4. The Kier molecular flexibility index (Phi) is 9.25. The first kappa shape index (κ1) is 33.3. The van der Waals surface area contributed by atoms with Gasteiger partial charge in [-0.15, -0.1) is 26.3 Å². The van der Waals surface area contributed by atoms with Crippen LogP contribution in [-0.2, 0) is 9.59 Å². The van der Waals surface area contributed by atoms with Crippen molar-refractivity contribution in [1.29, 1.82) is 5.41 Å². The van der Waals surface area contributed by atoms with E-state index in [4.69, 9.17) is 14.9 Å². The zero-order chi connectivity index (χ0) is 34.0. The molecule has 0 aliphatic heterocycles. The second-order valence-electron chi connectivity index (χ2n) is 8.82. The highest BCUT2D eigenvalue weighted by molar-refractivity contribution is 6.62. The van der Waals surface area contributed by atoms with Crippen LogP contribution in [0.15, 0.2) is 72.8 Å². The maximum absolute atomic E-state index is 14.7. The second kappa shape index (κ2) is 12.8. The van der Waals surface area contributed by atoms with E-state index in [0.29, 0.717) is 36.4 Å². The Balaban J connectivity index is 1.40. The second-order valence-corrected chi connectivity index (χ2v) is 8.82. The molecule has 0 saturated carbocycles. The average molecular weight is 661 g/mol. The van der Waals surface area contributed by atoms with Crippen LogP contribution in [0.5, 0.6) is 23.0 Å². The molecule has 0 radical (unpaired) electrons. The fourth-order valence-corrected chi connectivity index (χ4v) is 3.74. The van der Waals surface area contributed by atoms with Crippen molar-refractivity contribution in [3.8, 4) is 45.3 Å². The molecule has 0 aliphatic carbocycles. The van der Waals surface area contributed by atoms with Gasteiger partial charge in [0, 0.05) is 23.3 Å². The molecule has 17 heteroatoms. The van der Waals surface area contributed by atoms with Crippen LogP contribution in [0.25, 0.3) is 22.3 Å². The minimum Gasteiger partial charge on any atom is -0.422 e. The van der Waals surface area contributed by atoms with E-state index in [-0.39, 0.29) is 22.3 Å². The number of hydrogen-bond donors (Lipinski definition) is 1. The Morgan fingerprint density at radius 3 is 1.20 bits per heavy atom. The van der Waals surface area contributed by atoms with E-state index in [1.165, 1.54) is 0 Å². The molecular formula is C29H13F10NO6. The first-order valence-corrected chi connectivity index (χ1v) is 12.1. The molecule has 0 aliphatic rings. The quantitative estimate of drug-likeness (QED) is 0.0679. The van der Waals surface area contributed by atoms with Gasteiger partial charge in [-0.1, -0.05) is 12.1 Å². The van der Waals surface area contributed by atoms with Crippen molar-refractivity contribution in [3.05, 3.63) is 96.1 Å². The lowest BCUT2D eigenvalue weighted by Crippen LogP contribution is -2.31. The summed E-state index contributed by atoms with van der Waals surface area (Å²) in [4.78, 5) is 24.5. The maximum atomic E-state index is 14.7. The van der Waals surface area contributed by atoms with E-state index in [9.17, 15) is 53.5 Å². The predicted octanol–water partition coefficient (Wildman–Crippen LogP) is 7.90. The fraction of sp³-hybridized carbons (Fsp3) is 0.0690. The highest BCUT2D eigenvalue weighted by atomic mass is 19.4. The molecule has 0 aromatic heterocycles. The molecular weight excluding hydrogens is 648 g/mol. The van der Waals surface area contributed by atoms with Gasteiger partial charge >= 0.3 is 24.7 Å². The third-order valence-electron chi connectivity index (χ3n) is 5.65. The van der Waals surface area contributed by atoms with Gasteiger partial charge in [0.15, 0.2) is 23.1 Å². The lowest BCUT2D eigenvalue weighted by Gasteiger charge is -2.12. The van der Waals surface area contributed by atoms with Gasteiger partial charge in [-0.25, -0.2) is 27.2 Å². The van der Waals surface area contributed by atoms with E-state index in [1.54, 1.807) is 0 Å². The van der Waals surface area contributed by atoms with Crippen LogP contribution in [0.1, 0.15) is 0 Å². The third-order valence-corrected chi connectivity index (χ3v) is 5.65.